The van der Waals surface area contributed by atoms with Gasteiger partial charge in [-0.2, -0.15) is 5.10 Å². The van der Waals surface area contributed by atoms with E-state index in [0.29, 0.717) is 48.1 Å². The van der Waals surface area contributed by atoms with E-state index in [1.165, 1.54) is 15.6 Å². The summed E-state index contributed by atoms with van der Waals surface area (Å²) in [6.07, 6.45) is 2.01. The second-order valence-corrected chi connectivity index (χ2v) is 10.4. The maximum atomic E-state index is 12.9. The van der Waals surface area contributed by atoms with Crippen LogP contribution in [0.1, 0.15) is 34.9 Å². The summed E-state index contributed by atoms with van der Waals surface area (Å²) in [5.41, 5.74) is 2.98. The van der Waals surface area contributed by atoms with Crippen molar-refractivity contribution in [2.45, 2.75) is 25.5 Å². The Morgan fingerprint density at radius 3 is 2.08 bits per heavy atom. The normalized spacial score (nSPS) is 14.4. The summed E-state index contributed by atoms with van der Waals surface area (Å²) in [5, 5.41) is 15.9. The number of rotatable bonds is 8. The maximum Gasteiger partial charge on any atom is 0.350 e. The Balaban J connectivity index is 1.14. The van der Waals surface area contributed by atoms with E-state index in [0.717, 1.165) is 30.0 Å². The highest BCUT2D eigenvalue weighted by Crippen LogP contribution is 2.22. The van der Waals surface area contributed by atoms with Gasteiger partial charge in [-0.1, -0.05) is 35.3 Å². The first-order chi connectivity index (χ1) is 18.9. The van der Waals surface area contributed by atoms with E-state index >= 15 is 0 Å². The molecule has 2 heterocycles. The second-order valence-electron chi connectivity index (χ2n) is 9.52. The quantitative estimate of drug-likeness (QED) is 0.331. The third-order valence-electron chi connectivity index (χ3n) is 6.99. The number of anilines is 1. The average molecular weight is 566 g/mol. The fraction of sp³-hybridized carbons (Fsp3) is 0.276. The summed E-state index contributed by atoms with van der Waals surface area (Å²) in [4.78, 5) is 29.8. The van der Waals surface area contributed by atoms with Crippen LogP contribution in [0.25, 0.3) is 5.69 Å². The standard InChI is InChI=1S/C29H29Cl2N5O3/c30-23-7-3-21(4-8-23)27(37)2-1-15-36-29(39)35(20-32-36)26-13-11-25(12-14-26)33-16-18-34(19-17-33)28(38)22-5-9-24(31)10-6-22/h3-14,20,27,37H,1-2,15-19H2. The number of carbonyl (C=O) groups excluding carboxylic acids is 1. The highest BCUT2D eigenvalue weighted by molar-refractivity contribution is 6.30. The van der Waals surface area contributed by atoms with Gasteiger partial charge in [-0.3, -0.25) is 4.79 Å². The van der Waals surface area contributed by atoms with E-state index in [2.05, 4.69) is 10.00 Å². The number of hydrogen-bond donors (Lipinski definition) is 1. The molecule has 0 radical (unpaired) electrons. The summed E-state index contributed by atoms with van der Waals surface area (Å²) >= 11 is 11.8. The zero-order chi connectivity index (χ0) is 27.4. The summed E-state index contributed by atoms with van der Waals surface area (Å²) in [7, 11) is 0. The van der Waals surface area contributed by atoms with Crippen LogP contribution >= 0.6 is 23.2 Å². The molecule has 1 aliphatic heterocycles. The number of aromatic nitrogens is 3. The third kappa shape index (κ3) is 6.36. The zero-order valence-corrected chi connectivity index (χ0v) is 22.8. The van der Waals surface area contributed by atoms with Crippen LogP contribution in [-0.4, -0.2) is 56.4 Å². The molecule has 1 aliphatic rings. The molecule has 1 unspecified atom stereocenters. The minimum atomic E-state index is -0.620. The van der Waals surface area contributed by atoms with Gasteiger partial charge in [0.05, 0.1) is 11.8 Å². The Bertz CT molecular complexity index is 1460. The number of aliphatic hydroxyl groups excluding tert-OH is 1. The first-order valence-corrected chi connectivity index (χ1v) is 13.6. The molecule has 3 aromatic carbocycles. The molecule has 0 aliphatic carbocycles. The van der Waals surface area contributed by atoms with E-state index in [-0.39, 0.29) is 11.6 Å². The van der Waals surface area contributed by atoms with Gasteiger partial charge < -0.3 is 14.9 Å². The Hall–Kier alpha value is -3.59. The van der Waals surface area contributed by atoms with E-state index < -0.39 is 6.10 Å². The molecular weight excluding hydrogens is 537 g/mol. The van der Waals surface area contributed by atoms with Crippen LogP contribution in [0.4, 0.5) is 5.69 Å². The molecule has 4 aromatic rings. The van der Waals surface area contributed by atoms with Gasteiger partial charge in [0.2, 0.25) is 0 Å². The van der Waals surface area contributed by atoms with Crippen molar-refractivity contribution in [1.82, 2.24) is 19.2 Å². The van der Waals surface area contributed by atoms with Gasteiger partial charge in [0.25, 0.3) is 5.91 Å². The van der Waals surface area contributed by atoms with Gasteiger partial charge in [0.15, 0.2) is 0 Å². The van der Waals surface area contributed by atoms with Crippen molar-refractivity contribution in [2.75, 3.05) is 31.1 Å². The molecule has 1 fully saturated rings. The SMILES string of the molecule is O=C(c1ccc(Cl)cc1)N1CCN(c2ccc(-n3cnn(CCCC(O)c4ccc(Cl)cc4)c3=O)cc2)CC1. The second kappa shape index (κ2) is 12.1. The molecule has 0 bridgehead atoms. The fourth-order valence-electron chi connectivity index (χ4n) is 4.72. The Morgan fingerprint density at radius 2 is 1.44 bits per heavy atom. The predicted octanol–water partition coefficient (Wildman–Crippen LogP) is 4.82. The van der Waals surface area contributed by atoms with Gasteiger partial charge in [0.1, 0.15) is 6.33 Å². The van der Waals surface area contributed by atoms with Crippen molar-refractivity contribution < 1.29 is 9.90 Å². The number of halogens is 2. The molecule has 8 nitrogen and oxygen atoms in total. The zero-order valence-electron chi connectivity index (χ0n) is 21.3. The van der Waals surface area contributed by atoms with Gasteiger partial charge in [-0.25, -0.2) is 14.0 Å². The highest BCUT2D eigenvalue weighted by Gasteiger charge is 2.22. The lowest BCUT2D eigenvalue weighted by atomic mass is 10.1. The van der Waals surface area contributed by atoms with Crippen LogP contribution in [0, 0.1) is 0 Å². The molecular formula is C29H29Cl2N5O3. The van der Waals surface area contributed by atoms with Crippen LogP contribution in [0.5, 0.6) is 0 Å². The molecule has 1 saturated heterocycles. The first-order valence-electron chi connectivity index (χ1n) is 12.9. The lowest BCUT2D eigenvalue weighted by molar-refractivity contribution is 0.0747. The summed E-state index contributed by atoms with van der Waals surface area (Å²) in [6.45, 7) is 3.11. The van der Waals surface area contributed by atoms with Gasteiger partial charge in [-0.05, 0) is 79.1 Å². The highest BCUT2D eigenvalue weighted by atomic mass is 35.5. The van der Waals surface area contributed by atoms with Crippen molar-refractivity contribution in [3.05, 3.63) is 111 Å². The Morgan fingerprint density at radius 1 is 0.846 bits per heavy atom. The monoisotopic (exact) mass is 565 g/mol. The number of piperazine rings is 1. The molecule has 5 rings (SSSR count). The van der Waals surface area contributed by atoms with Crippen LogP contribution in [0.3, 0.4) is 0 Å². The maximum absolute atomic E-state index is 12.9. The van der Waals surface area contributed by atoms with E-state index in [1.807, 2.05) is 29.2 Å². The Kier molecular flexibility index (Phi) is 8.35. The first kappa shape index (κ1) is 27.0. The van der Waals surface area contributed by atoms with Gasteiger partial charge >= 0.3 is 5.69 Å². The third-order valence-corrected chi connectivity index (χ3v) is 7.49. The number of benzene rings is 3. The van der Waals surface area contributed by atoms with Crippen LogP contribution in [0.15, 0.2) is 83.9 Å². The number of nitrogens with zero attached hydrogens (tertiary/aromatic N) is 5. The smallest absolute Gasteiger partial charge is 0.350 e. The van der Waals surface area contributed by atoms with Crippen LogP contribution < -0.4 is 10.6 Å². The fourth-order valence-corrected chi connectivity index (χ4v) is 4.97. The summed E-state index contributed by atoms with van der Waals surface area (Å²) in [5.74, 6) is 0.0116. The summed E-state index contributed by atoms with van der Waals surface area (Å²) < 4.78 is 2.93. The molecule has 202 valence electrons. The van der Waals surface area contributed by atoms with E-state index in [1.54, 1.807) is 48.5 Å². The van der Waals surface area contributed by atoms with Gasteiger partial charge in [-0.15, -0.1) is 0 Å². The lowest BCUT2D eigenvalue weighted by Gasteiger charge is -2.36. The van der Waals surface area contributed by atoms with Crippen molar-refractivity contribution in [3.63, 3.8) is 0 Å². The topological polar surface area (TPSA) is 83.6 Å². The molecule has 1 atom stereocenters. The minimum Gasteiger partial charge on any atom is -0.388 e. The lowest BCUT2D eigenvalue weighted by Crippen LogP contribution is -2.48. The largest absolute Gasteiger partial charge is 0.388 e. The molecule has 39 heavy (non-hydrogen) atoms. The molecule has 10 heteroatoms. The average Bonchev–Trinajstić information content (AvgIpc) is 3.33. The van der Waals surface area contributed by atoms with Gasteiger partial charge in [0, 0.05) is 54.0 Å². The molecule has 1 amide bonds. The van der Waals surface area contributed by atoms with Crippen LogP contribution in [0.2, 0.25) is 10.0 Å². The van der Waals surface area contributed by atoms with Crippen molar-refractivity contribution in [2.24, 2.45) is 0 Å². The number of carbonyl (C=O) groups is 1. The van der Waals surface area contributed by atoms with Crippen molar-refractivity contribution >= 4 is 34.8 Å². The number of hydrogen-bond acceptors (Lipinski definition) is 5. The number of aliphatic hydroxyl groups is 1. The van der Waals surface area contributed by atoms with E-state index in [9.17, 15) is 14.7 Å². The number of aryl methyl sites for hydroxylation is 1. The molecule has 0 spiro atoms. The predicted molar refractivity (Wildman–Crippen MR) is 153 cm³/mol. The van der Waals surface area contributed by atoms with Crippen molar-refractivity contribution in [1.29, 1.82) is 0 Å². The molecule has 0 saturated carbocycles. The summed E-state index contributed by atoms with van der Waals surface area (Å²) in [6, 6.07) is 21.9. The number of amides is 1. The van der Waals surface area contributed by atoms with Crippen LogP contribution in [-0.2, 0) is 6.54 Å². The molecule has 1 N–H and O–H groups in total. The van der Waals surface area contributed by atoms with E-state index in [4.69, 9.17) is 23.2 Å². The Labute approximate surface area is 236 Å². The molecule has 1 aromatic heterocycles. The minimum absolute atomic E-state index is 0.0116. The van der Waals surface area contributed by atoms with Crippen molar-refractivity contribution in [3.8, 4) is 5.69 Å².